The molecular weight excluding hydrogens is 408 g/mol. The fraction of sp³-hybridized carbons (Fsp3) is 0.680. The Morgan fingerprint density at radius 1 is 0.871 bits per heavy atom. The van der Waals surface area contributed by atoms with E-state index in [2.05, 4.69) is 20.0 Å². The smallest absolute Gasteiger partial charge is 0.320 e. The third-order valence-corrected chi connectivity index (χ3v) is 9.04. The van der Waals surface area contributed by atoms with Crippen LogP contribution in [0, 0.1) is 5.92 Å². The van der Waals surface area contributed by atoms with Crippen LogP contribution in [0.1, 0.15) is 58.4 Å². The predicted molar refractivity (Wildman–Crippen MR) is 128 cm³/mol. The van der Waals surface area contributed by atoms with Gasteiger partial charge in [0, 0.05) is 8.07 Å². The Labute approximate surface area is 189 Å². The van der Waals surface area contributed by atoms with Gasteiger partial charge in [-0.3, -0.25) is 9.59 Å². The molecule has 0 N–H and O–H groups in total. The van der Waals surface area contributed by atoms with Crippen molar-refractivity contribution in [3.63, 3.8) is 0 Å². The molecule has 0 aliphatic carbocycles. The predicted octanol–water partition coefficient (Wildman–Crippen LogP) is 6.03. The molecule has 1 aromatic carbocycles. The summed E-state index contributed by atoms with van der Waals surface area (Å²) in [6, 6.07) is 10.7. The van der Waals surface area contributed by atoms with Crippen molar-refractivity contribution in [2.75, 3.05) is 19.8 Å². The first-order chi connectivity index (χ1) is 14.8. The molecule has 31 heavy (non-hydrogen) atoms. The third-order valence-electron chi connectivity index (χ3n) is 5.48. The van der Waals surface area contributed by atoms with Crippen LogP contribution in [0.2, 0.25) is 25.2 Å². The molecule has 1 rings (SSSR count). The fourth-order valence-corrected chi connectivity index (χ4v) is 6.57. The first-order valence-corrected chi connectivity index (χ1v) is 15.3. The maximum Gasteiger partial charge on any atom is 0.320 e. The van der Waals surface area contributed by atoms with E-state index in [0.29, 0.717) is 12.8 Å². The lowest BCUT2D eigenvalue weighted by Crippen LogP contribution is -2.28. The maximum absolute atomic E-state index is 12.1. The van der Waals surface area contributed by atoms with Gasteiger partial charge in [-0.15, -0.1) is 0 Å². The highest BCUT2D eigenvalue weighted by atomic mass is 28.3. The molecule has 0 radical (unpaired) electrons. The van der Waals surface area contributed by atoms with Crippen LogP contribution in [-0.2, 0) is 25.5 Å². The normalized spacial score (nSPS) is 11.4. The average Bonchev–Trinajstić information content (AvgIpc) is 2.72. The van der Waals surface area contributed by atoms with Crippen molar-refractivity contribution in [2.45, 2.75) is 84.5 Å². The van der Waals surface area contributed by atoms with E-state index in [1.165, 1.54) is 31.4 Å². The Balaban J connectivity index is 2.38. The van der Waals surface area contributed by atoms with E-state index in [1.54, 1.807) is 13.8 Å². The molecule has 0 heterocycles. The first-order valence-electron chi connectivity index (χ1n) is 11.9. The van der Waals surface area contributed by atoms with Crippen LogP contribution in [0.15, 0.2) is 24.3 Å². The van der Waals surface area contributed by atoms with Gasteiger partial charge in [-0.05, 0) is 50.8 Å². The van der Waals surface area contributed by atoms with Crippen LogP contribution in [0.4, 0.5) is 0 Å². The summed E-state index contributed by atoms with van der Waals surface area (Å²) in [5.41, 5.74) is 1.05. The summed E-state index contributed by atoms with van der Waals surface area (Å²) < 4.78 is 15.9. The zero-order valence-electron chi connectivity index (χ0n) is 20.2. The number of benzene rings is 1. The molecule has 0 amide bonds. The van der Waals surface area contributed by atoms with Gasteiger partial charge in [0.05, 0.1) is 19.8 Å². The Hall–Kier alpha value is -1.82. The van der Waals surface area contributed by atoms with Gasteiger partial charge in [-0.25, -0.2) is 0 Å². The minimum Gasteiger partial charge on any atom is -0.494 e. The largest absolute Gasteiger partial charge is 0.494 e. The lowest BCUT2D eigenvalue weighted by Gasteiger charge is -2.21. The van der Waals surface area contributed by atoms with Crippen LogP contribution in [-0.4, -0.2) is 39.8 Å². The Kier molecular flexibility index (Phi) is 13.2. The second kappa shape index (κ2) is 15.1. The van der Waals surface area contributed by atoms with Crippen LogP contribution in [0.25, 0.3) is 0 Å². The minimum absolute atomic E-state index is 0.249. The molecule has 0 fully saturated rings. The molecule has 0 atom stereocenters. The van der Waals surface area contributed by atoms with Crippen LogP contribution in [0.3, 0.4) is 0 Å². The van der Waals surface area contributed by atoms with E-state index in [0.717, 1.165) is 24.3 Å². The number of hydrogen-bond acceptors (Lipinski definition) is 5. The van der Waals surface area contributed by atoms with Gasteiger partial charge in [-0.2, -0.15) is 0 Å². The topological polar surface area (TPSA) is 61.8 Å². The summed E-state index contributed by atoms with van der Waals surface area (Å²) in [4.78, 5) is 24.1. The first kappa shape index (κ1) is 27.2. The van der Waals surface area contributed by atoms with Crippen molar-refractivity contribution < 1.29 is 23.8 Å². The maximum atomic E-state index is 12.1. The molecule has 5 nitrogen and oxygen atoms in total. The Morgan fingerprint density at radius 3 is 2.03 bits per heavy atom. The Bertz CT molecular complexity index is 624. The van der Waals surface area contributed by atoms with Crippen LogP contribution < -0.4 is 4.74 Å². The minimum atomic E-state index is -0.973. The van der Waals surface area contributed by atoms with Crippen molar-refractivity contribution in [1.29, 1.82) is 0 Å². The highest BCUT2D eigenvalue weighted by molar-refractivity contribution is 6.77. The molecule has 1 aromatic rings. The monoisotopic (exact) mass is 450 g/mol. The van der Waals surface area contributed by atoms with Gasteiger partial charge in [0.1, 0.15) is 5.75 Å². The molecule has 176 valence electrons. The van der Waals surface area contributed by atoms with Crippen LogP contribution >= 0.6 is 0 Å². The number of unbranched alkanes of at least 4 members (excludes halogenated alkanes) is 2. The van der Waals surface area contributed by atoms with Gasteiger partial charge in [0.25, 0.3) is 0 Å². The highest BCUT2D eigenvalue weighted by Crippen LogP contribution is 2.21. The van der Waals surface area contributed by atoms with E-state index < -0.39 is 25.9 Å². The number of ether oxygens (including phenoxy) is 3. The van der Waals surface area contributed by atoms with E-state index in [1.807, 2.05) is 24.3 Å². The number of carbonyl (C=O) groups is 2. The molecule has 0 aliphatic rings. The fourth-order valence-electron chi connectivity index (χ4n) is 3.76. The molecule has 0 spiro atoms. The summed E-state index contributed by atoms with van der Waals surface area (Å²) in [6.45, 7) is 12.0. The molecule has 0 aliphatic heterocycles. The zero-order chi connectivity index (χ0) is 23.1. The SMILES string of the molecule is CCC[Si](C)(C)CCCCCOc1ccc(CCC(C(=O)OCC)C(=O)OCC)cc1. The second-order valence-corrected chi connectivity index (χ2v) is 14.1. The van der Waals surface area contributed by atoms with Gasteiger partial charge < -0.3 is 14.2 Å². The van der Waals surface area contributed by atoms with E-state index >= 15 is 0 Å². The molecular formula is C25H42O5Si. The Morgan fingerprint density at radius 2 is 1.48 bits per heavy atom. The molecule has 0 saturated carbocycles. The summed E-state index contributed by atoms with van der Waals surface area (Å²) in [5.74, 6) is -1.04. The lowest BCUT2D eigenvalue weighted by molar-refractivity contribution is -0.161. The van der Waals surface area contributed by atoms with Gasteiger partial charge >= 0.3 is 11.9 Å². The molecule has 0 bridgehead atoms. The quantitative estimate of drug-likeness (QED) is 0.133. The lowest BCUT2D eigenvalue weighted by atomic mass is 9.99. The molecule has 6 heteroatoms. The summed E-state index contributed by atoms with van der Waals surface area (Å²) in [6.07, 6.45) is 5.89. The summed E-state index contributed by atoms with van der Waals surface area (Å²) >= 11 is 0. The van der Waals surface area contributed by atoms with E-state index in [4.69, 9.17) is 14.2 Å². The van der Waals surface area contributed by atoms with Crippen LogP contribution in [0.5, 0.6) is 5.75 Å². The van der Waals surface area contributed by atoms with Gasteiger partial charge in [-0.1, -0.05) is 63.5 Å². The second-order valence-electron chi connectivity index (χ2n) is 8.81. The number of hydrogen-bond donors (Lipinski definition) is 0. The van der Waals surface area contributed by atoms with E-state index in [-0.39, 0.29) is 13.2 Å². The average molecular weight is 451 g/mol. The van der Waals surface area contributed by atoms with Gasteiger partial charge in [0.15, 0.2) is 5.92 Å². The van der Waals surface area contributed by atoms with Gasteiger partial charge in [0.2, 0.25) is 0 Å². The van der Waals surface area contributed by atoms with Crippen molar-refractivity contribution in [3.8, 4) is 5.75 Å². The number of rotatable bonds is 16. The van der Waals surface area contributed by atoms with Crippen molar-refractivity contribution in [3.05, 3.63) is 29.8 Å². The number of esters is 2. The molecule has 0 saturated heterocycles. The number of carbonyl (C=O) groups excluding carboxylic acids is 2. The highest BCUT2D eigenvalue weighted by Gasteiger charge is 2.29. The van der Waals surface area contributed by atoms with Crippen molar-refractivity contribution >= 4 is 20.0 Å². The zero-order valence-corrected chi connectivity index (χ0v) is 21.2. The summed E-state index contributed by atoms with van der Waals surface area (Å²) in [5, 5.41) is 0. The van der Waals surface area contributed by atoms with E-state index in [9.17, 15) is 9.59 Å². The third kappa shape index (κ3) is 11.4. The summed E-state index contributed by atoms with van der Waals surface area (Å²) in [7, 11) is -0.973. The molecule has 0 unspecified atom stereocenters. The number of aryl methyl sites for hydroxylation is 1. The van der Waals surface area contributed by atoms with Crippen molar-refractivity contribution in [1.82, 2.24) is 0 Å². The standard InChI is InChI=1S/C25H42O5Si/c1-6-19-31(4,5)20-11-9-10-18-30-22-15-12-21(13-16-22)14-17-23(24(26)28-7-2)25(27)29-8-3/h12-13,15-16,23H,6-11,14,17-20H2,1-5H3. The molecule has 0 aromatic heterocycles. The van der Waals surface area contributed by atoms with Crippen molar-refractivity contribution in [2.24, 2.45) is 5.92 Å².